The summed E-state index contributed by atoms with van der Waals surface area (Å²) in [4.78, 5) is 13.9. The fraction of sp³-hybridized carbons (Fsp3) is 0.462. The Hall–Kier alpha value is -0.940. The number of aryl methyl sites for hydroxylation is 1. The van der Waals surface area contributed by atoms with Crippen LogP contribution in [0.1, 0.15) is 15.9 Å². The van der Waals surface area contributed by atoms with E-state index in [9.17, 15) is 9.18 Å². The molecule has 1 aromatic carbocycles. The maximum Gasteiger partial charge on any atom is 0.254 e. The number of hydrogen-bond acceptors (Lipinski definition) is 2. The van der Waals surface area contributed by atoms with E-state index in [0.29, 0.717) is 30.6 Å². The van der Waals surface area contributed by atoms with E-state index >= 15 is 0 Å². The minimum absolute atomic E-state index is 0.163. The highest BCUT2D eigenvalue weighted by Crippen LogP contribution is 2.13. The maximum atomic E-state index is 13.2. The quantitative estimate of drug-likeness (QED) is 0.755. The van der Waals surface area contributed by atoms with Gasteiger partial charge in [-0.25, -0.2) is 4.39 Å². The van der Waals surface area contributed by atoms with Crippen LogP contribution in [0.2, 0.25) is 0 Å². The number of nitrogens with zero attached hydrogens (tertiary/aromatic N) is 1. The van der Waals surface area contributed by atoms with Gasteiger partial charge >= 0.3 is 0 Å². The van der Waals surface area contributed by atoms with Crippen molar-refractivity contribution in [1.82, 2.24) is 4.90 Å². The Morgan fingerprint density at radius 1 is 1.44 bits per heavy atom. The summed E-state index contributed by atoms with van der Waals surface area (Å²) in [7, 11) is 1.59. The first-order valence-corrected chi connectivity index (χ1v) is 6.82. The number of rotatable bonds is 6. The minimum Gasteiger partial charge on any atom is -0.383 e. The van der Waals surface area contributed by atoms with Crippen LogP contribution in [-0.4, -0.2) is 42.9 Å². The van der Waals surface area contributed by atoms with Crippen molar-refractivity contribution in [1.29, 1.82) is 0 Å². The van der Waals surface area contributed by atoms with Gasteiger partial charge in [0.2, 0.25) is 0 Å². The average Bonchev–Trinajstić information content (AvgIpc) is 2.36. The number of halogens is 2. The van der Waals surface area contributed by atoms with Gasteiger partial charge in [-0.1, -0.05) is 22.0 Å². The van der Waals surface area contributed by atoms with Gasteiger partial charge in [-0.15, -0.1) is 0 Å². The Balaban J connectivity index is 2.90. The molecule has 0 bridgehead atoms. The highest BCUT2D eigenvalue weighted by Gasteiger charge is 2.17. The lowest BCUT2D eigenvalue weighted by atomic mass is 10.1. The number of methoxy groups -OCH3 is 1. The predicted octanol–water partition coefficient (Wildman–Crippen LogP) is 2.62. The second kappa shape index (κ2) is 7.48. The summed E-state index contributed by atoms with van der Waals surface area (Å²) in [6.07, 6.45) is 0. The van der Waals surface area contributed by atoms with Crippen molar-refractivity contribution < 1.29 is 13.9 Å². The molecule has 0 aromatic heterocycles. The second-order valence-electron chi connectivity index (χ2n) is 3.93. The van der Waals surface area contributed by atoms with Crippen LogP contribution < -0.4 is 0 Å². The lowest BCUT2D eigenvalue weighted by Crippen LogP contribution is -2.35. The fourth-order valence-electron chi connectivity index (χ4n) is 1.61. The van der Waals surface area contributed by atoms with Gasteiger partial charge in [-0.3, -0.25) is 4.79 Å². The zero-order valence-corrected chi connectivity index (χ0v) is 12.2. The van der Waals surface area contributed by atoms with Crippen molar-refractivity contribution in [3.63, 3.8) is 0 Å². The summed E-state index contributed by atoms with van der Waals surface area (Å²) in [5.74, 6) is -0.557. The van der Waals surface area contributed by atoms with Crippen LogP contribution in [0.4, 0.5) is 4.39 Å². The standard InChI is InChI=1S/C13H17BrFNO2/c1-10-3-4-11(15)9-12(10)13(17)16(6-5-14)7-8-18-2/h3-4,9H,5-8H2,1-2H3. The van der Waals surface area contributed by atoms with Crippen molar-refractivity contribution in [3.8, 4) is 0 Å². The van der Waals surface area contributed by atoms with Crippen LogP contribution in [0, 0.1) is 12.7 Å². The summed E-state index contributed by atoms with van der Waals surface area (Å²) in [6.45, 7) is 3.33. The first kappa shape index (κ1) is 15.1. The third-order valence-electron chi connectivity index (χ3n) is 2.64. The van der Waals surface area contributed by atoms with E-state index in [2.05, 4.69) is 15.9 Å². The molecule has 0 fully saturated rings. The second-order valence-corrected chi connectivity index (χ2v) is 4.73. The summed E-state index contributed by atoms with van der Waals surface area (Å²) in [6, 6.07) is 4.26. The molecule has 0 atom stereocenters. The van der Waals surface area contributed by atoms with Crippen molar-refractivity contribution >= 4 is 21.8 Å². The fourth-order valence-corrected chi connectivity index (χ4v) is 2.04. The van der Waals surface area contributed by atoms with Crippen LogP contribution >= 0.6 is 15.9 Å². The van der Waals surface area contributed by atoms with Crippen molar-refractivity contribution in [3.05, 3.63) is 35.1 Å². The molecule has 0 aliphatic heterocycles. The topological polar surface area (TPSA) is 29.5 Å². The Kier molecular flexibility index (Phi) is 6.29. The molecule has 0 heterocycles. The first-order valence-electron chi connectivity index (χ1n) is 5.70. The Morgan fingerprint density at radius 3 is 2.78 bits per heavy atom. The summed E-state index contributed by atoms with van der Waals surface area (Å²) < 4.78 is 18.2. The highest BCUT2D eigenvalue weighted by atomic mass is 79.9. The molecule has 0 saturated heterocycles. The molecule has 5 heteroatoms. The molecular formula is C13H17BrFNO2. The smallest absolute Gasteiger partial charge is 0.254 e. The van der Waals surface area contributed by atoms with E-state index in [0.717, 1.165) is 5.56 Å². The summed E-state index contributed by atoms with van der Waals surface area (Å²) >= 11 is 3.31. The number of benzene rings is 1. The molecule has 0 saturated carbocycles. The van der Waals surface area contributed by atoms with Gasteiger partial charge in [0.1, 0.15) is 5.82 Å². The Bertz CT molecular complexity index is 412. The molecule has 1 rings (SSSR count). The molecule has 1 amide bonds. The van der Waals surface area contributed by atoms with E-state index < -0.39 is 5.82 Å². The van der Waals surface area contributed by atoms with E-state index in [1.807, 2.05) is 0 Å². The van der Waals surface area contributed by atoms with Gasteiger partial charge in [-0.2, -0.15) is 0 Å². The minimum atomic E-state index is -0.394. The third kappa shape index (κ3) is 4.07. The highest BCUT2D eigenvalue weighted by molar-refractivity contribution is 9.09. The van der Waals surface area contributed by atoms with Crippen LogP contribution in [0.15, 0.2) is 18.2 Å². The monoisotopic (exact) mass is 317 g/mol. The van der Waals surface area contributed by atoms with Crippen LogP contribution in [0.5, 0.6) is 0 Å². The number of ether oxygens (including phenoxy) is 1. The molecule has 0 radical (unpaired) electrons. The molecule has 0 aliphatic carbocycles. The van der Waals surface area contributed by atoms with Gasteiger partial charge in [0.15, 0.2) is 0 Å². The first-order chi connectivity index (χ1) is 8.60. The molecule has 0 aliphatic rings. The van der Waals surface area contributed by atoms with Crippen molar-refractivity contribution in [2.75, 3.05) is 32.1 Å². The van der Waals surface area contributed by atoms with E-state index in [1.165, 1.54) is 12.1 Å². The van der Waals surface area contributed by atoms with Crippen LogP contribution in [0.3, 0.4) is 0 Å². The molecular weight excluding hydrogens is 301 g/mol. The molecule has 18 heavy (non-hydrogen) atoms. The maximum absolute atomic E-state index is 13.2. The average molecular weight is 318 g/mol. The number of alkyl halides is 1. The molecule has 1 aromatic rings. The largest absolute Gasteiger partial charge is 0.383 e. The molecule has 0 unspecified atom stereocenters. The SMILES string of the molecule is COCCN(CCBr)C(=O)c1cc(F)ccc1C. The Labute approximate surface area is 115 Å². The van der Waals surface area contributed by atoms with Gasteiger partial charge in [0, 0.05) is 31.1 Å². The number of hydrogen-bond donors (Lipinski definition) is 0. The van der Waals surface area contributed by atoms with Gasteiger partial charge in [0.05, 0.1) is 6.61 Å². The molecule has 0 spiro atoms. The lowest BCUT2D eigenvalue weighted by Gasteiger charge is -2.22. The van der Waals surface area contributed by atoms with E-state index in [4.69, 9.17) is 4.74 Å². The van der Waals surface area contributed by atoms with E-state index in [1.54, 1.807) is 25.0 Å². The van der Waals surface area contributed by atoms with Gasteiger partial charge in [0.25, 0.3) is 5.91 Å². The molecule has 0 N–H and O–H groups in total. The van der Waals surface area contributed by atoms with Gasteiger partial charge < -0.3 is 9.64 Å². The zero-order valence-electron chi connectivity index (χ0n) is 10.6. The van der Waals surface area contributed by atoms with Gasteiger partial charge in [-0.05, 0) is 24.6 Å². The number of carbonyl (C=O) groups is 1. The van der Waals surface area contributed by atoms with Crippen LogP contribution in [0.25, 0.3) is 0 Å². The van der Waals surface area contributed by atoms with Crippen molar-refractivity contribution in [2.45, 2.75) is 6.92 Å². The van der Waals surface area contributed by atoms with E-state index in [-0.39, 0.29) is 5.91 Å². The third-order valence-corrected chi connectivity index (χ3v) is 2.99. The number of carbonyl (C=O) groups excluding carboxylic acids is 1. The van der Waals surface area contributed by atoms with Crippen LogP contribution in [-0.2, 0) is 4.74 Å². The summed E-state index contributed by atoms with van der Waals surface area (Å²) in [5.41, 5.74) is 1.19. The molecule has 3 nitrogen and oxygen atoms in total. The number of amides is 1. The lowest BCUT2D eigenvalue weighted by molar-refractivity contribution is 0.0707. The summed E-state index contributed by atoms with van der Waals surface area (Å²) in [5, 5.41) is 0.677. The normalized spacial score (nSPS) is 10.4. The zero-order chi connectivity index (χ0) is 13.5. The predicted molar refractivity (Wildman–Crippen MR) is 72.7 cm³/mol. The van der Waals surface area contributed by atoms with Crippen molar-refractivity contribution in [2.24, 2.45) is 0 Å². The molecule has 100 valence electrons. The Morgan fingerprint density at radius 2 is 2.17 bits per heavy atom.